The highest BCUT2D eigenvalue weighted by Gasteiger charge is 2.20. The van der Waals surface area contributed by atoms with E-state index in [1.165, 1.54) is 0 Å². The van der Waals surface area contributed by atoms with Gasteiger partial charge >= 0.3 is 12.0 Å². The van der Waals surface area contributed by atoms with Crippen molar-refractivity contribution >= 4 is 17.9 Å². The average Bonchev–Trinajstić information content (AvgIpc) is 2.47. The zero-order valence-corrected chi connectivity index (χ0v) is 11.7. The largest absolute Gasteiger partial charge is 0.480 e. The number of hydrogen-bond acceptors (Lipinski definition) is 5. The van der Waals surface area contributed by atoms with Gasteiger partial charge < -0.3 is 30.5 Å². The zero-order chi connectivity index (χ0) is 15.7. The smallest absolute Gasteiger partial charge is 0.326 e. The molecule has 21 heavy (non-hydrogen) atoms. The molecule has 1 atom stereocenters. The Labute approximate surface area is 122 Å². The topological polar surface area (TPSA) is 128 Å². The Hall–Kier alpha value is -1.87. The van der Waals surface area contributed by atoms with E-state index in [1.54, 1.807) is 4.90 Å². The zero-order valence-electron chi connectivity index (χ0n) is 11.7. The monoisotopic (exact) mass is 303 g/mol. The van der Waals surface area contributed by atoms with Gasteiger partial charge in [0.2, 0.25) is 5.91 Å². The number of ether oxygens (including phenoxy) is 1. The Morgan fingerprint density at radius 1 is 1.24 bits per heavy atom. The number of nitrogens with one attached hydrogen (secondary N) is 2. The second-order valence-electron chi connectivity index (χ2n) is 4.55. The molecular formula is C12H21N3O6. The standard InChI is InChI=1S/C12H21N3O6/c16-6-2-9(11(18)19)14-12(20)13-3-1-10(17)15-4-7-21-8-5-15/h9,16H,1-8H2,(H,18,19)(H2,13,14,20). The predicted molar refractivity (Wildman–Crippen MR) is 71.7 cm³/mol. The number of hydrogen-bond donors (Lipinski definition) is 4. The fourth-order valence-electron chi connectivity index (χ4n) is 1.85. The minimum atomic E-state index is -1.22. The Bertz CT molecular complexity index is 370. The van der Waals surface area contributed by atoms with Crippen molar-refractivity contribution in [2.45, 2.75) is 18.9 Å². The van der Waals surface area contributed by atoms with Gasteiger partial charge in [0.05, 0.1) is 13.2 Å². The van der Waals surface area contributed by atoms with Gasteiger partial charge in [-0.25, -0.2) is 9.59 Å². The minimum Gasteiger partial charge on any atom is -0.480 e. The number of urea groups is 1. The van der Waals surface area contributed by atoms with Crippen LogP contribution in [0.15, 0.2) is 0 Å². The molecule has 0 aliphatic carbocycles. The van der Waals surface area contributed by atoms with Crippen molar-refractivity contribution in [1.29, 1.82) is 0 Å². The molecule has 1 unspecified atom stereocenters. The van der Waals surface area contributed by atoms with Crippen molar-refractivity contribution in [2.75, 3.05) is 39.5 Å². The lowest BCUT2D eigenvalue weighted by Gasteiger charge is -2.26. The number of aliphatic carboxylic acids is 1. The maximum atomic E-state index is 11.8. The van der Waals surface area contributed by atoms with Crippen molar-refractivity contribution in [3.05, 3.63) is 0 Å². The minimum absolute atomic E-state index is 0.0739. The molecule has 9 heteroatoms. The molecule has 1 saturated heterocycles. The van der Waals surface area contributed by atoms with Crippen LogP contribution >= 0.6 is 0 Å². The molecule has 0 spiro atoms. The maximum absolute atomic E-state index is 11.8. The molecule has 120 valence electrons. The molecule has 0 bridgehead atoms. The summed E-state index contributed by atoms with van der Waals surface area (Å²) in [5.41, 5.74) is 0. The van der Waals surface area contributed by atoms with E-state index in [0.29, 0.717) is 26.3 Å². The highest BCUT2D eigenvalue weighted by molar-refractivity contribution is 5.83. The van der Waals surface area contributed by atoms with Crippen molar-refractivity contribution in [3.8, 4) is 0 Å². The lowest BCUT2D eigenvalue weighted by Crippen LogP contribution is -2.47. The van der Waals surface area contributed by atoms with Gasteiger partial charge in [-0.05, 0) is 0 Å². The first-order valence-electron chi connectivity index (χ1n) is 6.78. The van der Waals surface area contributed by atoms with Crippen LogP contribution in [0.3, 0.4) is 0 Å². The summed E-state index contributed by atoms with van der Waals surface area (Å²) in [6.07, 6.45) is 0.0701. The van der Waals surface area contributed by atoms with E-state index in [4.69, 9.17) is 14.9 Å². The lowest BCUT2D eigenvalue weighted by molar-refractivity contribution is -0.139. The Kier molecular flexibility index (Phi) is 7.48. The van der Waals surface area contributed by atoms with Gasteiger partial charge in [0.25, 0.3) is 0 Å². The summed E-state index contributed by atoms with van der Waals surface area (Å²) in [7, 11) is 0. The lowest BCUT2D eigenvalue weighted by atomic mass is 10.2. The van der Waals surface area contributed by atoms with Crippen LogP contribution in [0.4, 0.5) is 4.79 Å². The van der Waals surface area contributed by atoms with Gasteiger partial charge in [-0.2, -0.15) is 0 Å². The van der Waals surface area contributed by atoms with Crippen LogP contribution in [0.1, 0.15) is 12.8 Å². The fraction of sp³-hybridized carbons (Fsp3) is 0.750. The van der Waals surface area contributed by atoms with Gasteiger partial charge in [-0.1, -0.05) is 0 Å². The normalized spacial score (nSPS) is 16.1. The predicted octanol–water partition coefficient (Wildman–Crippen LogP) is -1.63. The molecule has 3 amide bonds. The van der Waals surface area contributed by atoms with Crippen molar-refractivity contribution in [3.63, 3.8) is 0 Å². The van der Waals surface area contributed by atoms with E-state index < -0.39 is 18.0 Å². The first-order valence-corrected chi connectivity index (χ1v) is 6.78. The molecule has 0 aromatic rings. The third-order valence-corrected chi connectivity index (χ3v) is 3.01. The molecule has 0 saturated carbocycles. The molecule has 1 aliphatic rings. The van der Waals surface area contributed by atoms with E-state index in [-0.39, 0.29) is 31.9 Å². The summed E-state index contributed by atoms with van der Waals surface area (Å²) in [6, 6.07) is -1.82. The number of rotatable bonds is 7. The van der Waals surface area contributed by atoms with Crippen molar-refractivity contribution < 1.29 is 29.3 Å². The first kappa shape index (κ1) is 17.2. The highest BCUT2D eigenvalue weighted by Crippen LogP contribution is 1.99. The maximum Gasteiger partial charge on any atom is 0.326 e. The SMILES string of the molecule is O=C(NCCC(=O)N1CCOCC1)NC(CCO)C(=O)O. The number of aliphatic hydroxyl groups is 1. The number of morpholine rings is 1. The summed E-state index contributed by atoms with van der Waals surface area (Å²) in [5.74, 6) is -1.30. The highest BCUT2D eigenvalue weighted by atomic mass is 16.5. The van der Waals surface area contributed by atoms with Crippen LogP contribution in [0, 0.1) is 0 Å². The van der Waals surface area contributed by atoms with Gasteiger partial charge in [0.1, 0.15) is 6.04 Å². The van der Waals surface area contributed by atoms with E-state index in [0.717, 1.165) is 0 Å². The molecule has 1 aliphatic heterocycles. The number of carboxylic acids is 1. The molecule has 0 radical (unpaired) electrons. The van der Waals surface area contributed by atoms with Gasteiger partial charge in [-0.15, -0.1) is 0 Å². The second-order valence-corrected chi connectivity index (χ2v) is 4.55. The number of carbonyl (C=O) groups excluding carboxylic acids is 2. The van der Waals surface area contributed by atoms with Crippen LogP contribution in [0.25, 0.3) is 0 Å². The molecular weight excluding hydrogens is 282 g/mol. The first-order chi connectivity index (χ1) is 10.0. The number of carboxylic acid groups (broad SMARTS) is 1. The summed E-state index contributed by atoms with van der Waals surface area (Å²) in [6.45, 7) is 1.90. The number of nitrogens with zero attached hydrogens (tertiary/aromatic N) is 1. The Balaban J connectivity index is 2.22. The summed E-state index contributed by atoms with van der Waals surface area (Å²) in [5, 5.41) is 22.1. The van der Waals surface area contributed by atoms with Crippen LogP contribution in [-0.4, -0.2) is 78.5 Å². The summed E-state index contributed by atoms with van der Waals surface area (Å²) >= 11 is 0. The summed E-state index contributed by atoms with van der Waals surface area (Å²) in [4.78, 5) is 35.7. The quantitative estimate of drug-likeness (QED) is 0.447. The number of carbonyl (C=O) groups is 3. The van der Waals surface area contributed by atoms with Crippen LogP contribution in [-0.2, 0) is 14.3 Å². The molecule has 1 heterocycles. The molecule has 9 nitrogen and oxygen atoms in total. The average molecular weight is 303 g/mol. The van der Waals surface area contributed by atoms with Crippen LogP contribution in [0.5, 0.6) is 0 Å². The van der Waals surface area contributed by atoms with Crippen molar-refractivity contribution in [1.82, 2.24) is 15.5 Å². The summed E-state index contributed by atoms with van der Waals surface area (Å²) < 4.78 is 5.13. The number of amides is 3. The Morgan fingerprint density at radius 2 is 1.90 bits per heavy atom. The van der Waals surface area contributed by atoms with Crippen LogP contribution in [0.2, 0.25) is 0 Å². The van der Waals surface area contributed by atoms with Crippen molar-refractivity contribution in [2.24, 2.45) is 0 Å². The fourth-order valence-corrected chi connectivity index (χ4v) is 1.85. The van der Waals surface area contributed by atoms with Gasteiger partial charge in [0.15, 0.2) is 0 Å². The van der Waals surface area contributed by atoms with E-state index in [1.807, 2.05) is 0 Å². The third kappa shape index (κ3) is 6.41. The molecule has 1 fully saturated rings. The van der Waals surface area contributed by atoms with E-state index in [2.05, 4.69) is 10.6 Å². The third-order valence-electron chi connectivity index (χ3n) is 3.01. The molecule has 0 aromatic carbocycles. The molecule has 1 rings (SSSR count). The Morgan fingerprint density at radius 3 is 2.48 bits per heavy atom. The molecule has 4 N–H and O–H groups in total. The van der Waals surface area contributed by atoms with Crippen LogP contribution < -0.4 is 10.6 Å². The second kappa shape index (κ2) is 9.14. The number of aliphatic hydroxyl groups excluding tert-OH is 1. The molecule has 0 aromatic heterocycles. The van der Waals surface area contributed by atoms with Gasteiger partial charge in [0, 0.05) is 39.1 Å². The van der Waals surface area contributed by atoms with E-state index >= 15 is 0 Å². The van der Waals surface area contributed by atoms with E-state index in [9.17, 15) is 14.4 Å². The van der Waals surface area contributed by atoms with Gasteiger partial charge in [-0.3, -0.25) is 4.79 Å².